The van der Waals surface area contributed by atoms with Crippen molar-refractivity contribution < 1.29 is 35.9 Å². The van der Waals surface area contributed by atoms with E-state index in [2.05, 4.69) is 6.92 Å². The summed E-state index contributed by atoms with van der Waals surface area (Å²) < 4.78 is 0. The molecule has 0 aromatic rings. The molecule has 0 spiro atoms. The van der Waals surface area contributed by atoms with Crippen LogP contribution in [0.25, 0.3) is 0 Å². The molecule has 0 fully saturated rings. The van der Waals surface area contributed by atoms with Crippen LogP contribution in [0.4, 0.5) is 0 Å². The Morgan fingerprint density at radius 1 is 1.88 bits per heavy atom. The summed E-state index contributed by atoms with van der Waals surface area (Å²) in [5.41, 5.74) is 4.40. The van der Waals surface area contributed by atoms with Gasteiger partial charge in [-0.15, -0.1) is 5.54 Å². The Labute approximate surface area is 73.6 Å². The molecule has 3 heteroatoms. The molecule has 0 heterocycles. The van der Waals surface area contributed by atoms with E-state index in [0.29, 0.717) is 6.42 Å². The van der Waals surface area contributed by atoms with Crippen LogP contribution in [0.5, 0.6) is 0 Å². The summed E-state index contributed by atoms with van der Waals surface area (Å²) in [6.07, 6.45) is 2.06. The Hall–Kier alpha value is 0.682. The average Bonchev–Trinajstić information content (AvgIpc) is 1.68. The number of hydrogen-bond acceptors (Lipinski definition) is 2. The Morgan fingerprint density at radius 3 is 2.25 bits per heavy atom. The molecule has 0 aliphatic rings. The molecule has 0 saturated carbocycles. The maximum absolute atomic E-state index is 9.77. The van der Waals surface area contributed by atoms with Gasteiger partial charge in [0.25, 0.3) is 0 Å². The zero-order valence-electron chi connectivity index (χ0n) is 4.90. The molecule has 2 nitrogen and oxygen atoms in total. The standard InChI is InChI=1S/C5H9NO.U/c1-3-5(2,6)4-7;/h1,3,6H2,2H3;/q-2;+2. The molecule has 8 heavy (non-hydrogen) atoms. The molecule has 0 bridgehead atoms. The minimum atomic E-state index is -0.833. The second kappa shape index (κ2) is 4.55. The van der Waals surface area contributed by atoms with Crippen molar-refractivity contribution in [1.82, 2.24) is 0 Å². The number of hydrogen-bond donors (Lipinski definition) is 1. The van der Waals surface area contributed by atoms with Crippen LogP contribution in [0, 0.1) is 38.0 Å². The van der Waals surface area contributed by atoms with Crippen LogP contribution in [0.3, 0.4) is 0 Å². The molecule has 0 rings (SSSR count). The van der Waals surface area contributed by atoms with E-state index in [9.17, 15) is 4.79 Å². The molecule has 44 valence electrons. The molecule has 0 radical (unpaired) electrons. The Balaban J connectivity index is 0. The molecule has 2 N–H and O–H groups in total. The van der Waals surface area contributed by atoms with Crippen LogP contribution in [-0.2, 0) is 4.79 Å². The smallest absolute Gasteiger partial charge is 0.540 e. The van der Waals surface area contributed by atoms with Gasteiger partial charge in [0.1, 0.15) is 0 Å². The fourth-order valence-corrected chi connectivity index (χ4v) is 0.0510. The molecule has 0 aromatic carbocycles. The van der Waals surface area contributed by atoms with Crippen molar-refractivity contribution in [3.63, 3.8) is 0 Å². The van der Waals surface area contributed by atoms with E-state index < -0.39 is 5.54 Å². The number of rotatable bonds is 2. The second-order valence-corrected chi connectivity index (χ2v) is 1.77. The third-order valence-electron chi connectivity index (χ3n) is 0.752. The van der Waals surface area contributed by atoms with Gasteiger partial charge in [0, 0.05) is 0 Å². The summed E-state index contributed by atoms with van der Waals surface area (Å²) >= 11 is 0. The van der Waals surface area contributed by atoms with Crippen molar-refractivity contribution in [3.05, 3.63) is 6.92 Å². The third kappa shape index (κ3) is 4.83. The summed E-state index contributed by atoms with van der Waals surface area (Å²) in [6.45, 7) is 5.03. The predicted octanol–water partition coefficient (Wildman–Crippen LogP) is 0.0377. The summed E-state index contributed by atoms with van der Waals surface area (Å²) in [5, 5.41) is 0. The molecule has 0 saturated heterocycles. The monoisotopic (exact) mass is 337 g/mol. The second-order valence-electron chi connectivity index (χ2n) is 1.77. The van der Waals surface area contributed by atoms with Crippen LogP contribution in [0.15, 0.2) is 0 Å². The molecular formula is C5H9NOU. The van der Waals surface area contributed by atoms with Gasteiger partial charge in [-0.25, -0.2) is 6.29 Å². The van der Waals surface area contributed by atoms with Gasteiger partial charge in [-0.2, -0.15) is 6.42 Å². The van der Waals surface area contributed by atoms with E-state index in [1.54, 1.807) is 13.2 Å². The SMILES string of the molecule is [CH2-]CC(C)(N)[C-]=O.[U+2]. The van der Waals surface area contributed by atoms with Crippen LogP contribution in [0.1, 0.15) is 13.3 Å². The van der Waals surface area contributed by atoms with Crippen molar-refractivity contribution in [1.29, 1.82) is 0 Å². The van der Waals surface area contributed by atoms with Crippen LogP contribution >= 0.6 is 0 Å². The average molecular weight is 337 g/mol. The largest absolute Gasteiger partial charge is 2.00 e. The van der Waals surface area contributed by atoms with E-state index >= 15 is 0 Å². The van der Waals surface area contributed by atoms with E-state index in [1.807, 2.05) is 0 Å². The molecular weight excluding hydrogens is 328 g/mol. The topological polar surface area (TPSA) is 43.1 Å². The fraction of sp³-hybridized carbons (Fsp3) is 0.600. The molecule has 0 aliphatic carbocycles. The van der Waals surface area contributed by atoms with E-state index in [-0.39, 0.29) is 31.1 Å². The summed E-state index contributed by atoms with van der Waals surface area (Å²) in [6, 6.07) is 0. The van der Waals surface area contributed by atoms with Gasteiger partial charge in [-0.3, -0.25) is 0 Å². The first kappa shape index (κ1) is 11.5. The summed E-state index contributed by atoms with van der Waals surface area (Å²) in [5.74, 6) is 0. The minimum Gasteiger partial charge on any atom is -0.540 e. The first-order chi connectivity index (χ1) is 3.12. The predicted molar refractivity (Wildman–Crippen MR) is 28.3 cm³/mol. The van der Waals surface area contributed by atoms with Gasteiger partial charge in [0.15, 0.2) is 0 Å². The van der Waals surface area contributed by atoms with E-state index in [0.717, 1.165) is 0 Å². The molecule has 0 aliphatic heterocycles. The molecule has 1 atom stereocenters. The quantitative estimate of drug-likeness (QED) is 0.723. The van der Waals surface area contributed by atoms with Crippen LogP contribution < -0.4 is 5.73 Å². The van der Waals surface area contributed by atoms with Crippen molar-refractivity contribution in [2.45, 2.75) is 18.9 Å². The zero-order chi connectivity index (χ0) is 5.91. The molecule has 0 amide bonds. The molecule has 0 aromatic heterocycles. The molecule has 1 unspecified atom stereocenters. The van der Waals surface area contributed by atoms with E-state index in [1.165, 1.54) is 0 Å². The Bertz CT molecular complexity index is 72.8. The normalized spacial score (nSPS) is 15.9. The van der Waals surface area contributed by atoms with Crippen LogP contribution in [-0.4, -0.2) is 11.8 Å². The van der Waals surface area contributed by atoms with E-state index in [4.69, 9.17) is 5.73 Å². The van der Waals surface area contributed by atoms with Crippen molar-refractivity contribution in [3.8, 4) is 0 Å². The first-order valence-electron chi connectivity index (χ1n) is 2.10. The van der Waals surface area contributed by atoms with Crippen molar-refractivity contribution >= 4 is 6.29 Å². The van der Waals surface area contributed by atoms with Gasteiger partial charge in [-0.05, 0) is 0 Å². The van der Waals surface area contributed by atoms with Gasteiger partial charge < -0.3 is 17.5 Å². The van der Waals surface area contributed by atoms with Gasteiger partial charge >= 0.3 is 31.1 Å². The summed E-state index contributed by atoms with van der Waals surface area (Å²) in [7, 11) is 0. The Kier molecular flexibility index (Phi) is 6.53. The van der Waals surface area contributed by atoms with Gasteiger partial charge in [0.2, 0.25) is 0 Å². The Morgan fingerprint density at radius 2 is 2.25 bits per heavy atom. The van der Waals surface area contributed by atoms with Gasteiger partial charge in [0.05, 0.1) is 0 Å². The third-order valence-corrected chi connectivity index (χ3v) is 0.752. The first-order valence-corrected chi connectivity index (χ1v) is 2.10. The van der Waals surface area contributed by atoms with Crippen LogP contribution in [0.2, 0.25) is 0 Å². The summed E-state index contributed by atoms with van der Waals surface area (Å²) in [4.78, 5) is 9.77. The maximum atomic E-state index is 9.77. The number of nitrogens with two attached hydrogens (primary N) is 1. The fourth-order valence-electron chi connectivity index (χ4n) is 0.0510. The van der Waals surface area contributed by atoms with Crippen molar-refractivity contribution in [2.75, 3.05) is 0 Å². The number of carbonyl (C=O) groups excluding carboxylic acids is 1. The minimum absolute atomic E-state index is 0. The zero-order valence-corrected chi connectivity index (χ0v) is 9.06. The van der Waals surface area contributed by atoms with Gasteiger partial charge in [-0.1, -0.05) is 6.92 Å². The van der Waals surface area contributed by atoms with Crippen molar-refractivity contribution in [2.24, 2.45) is 5.73 Å². The maximum Gasteiger partial charge on any atom is 2.00 e.